The van der Waals surface area contributed by atoms with E-state index in [1.54, 1.807) is 0 Å². The normalized spacial score (nSPS) is 11.0. The Morgan fingerprint density at radius 2 is 1.89 bits per heavy atom. The average molecular weight is 256 g/mol. The van der Waals surface area contributed by atoms with E-state index in [9.17, 15) is 4.79 Å². The second-order valence-corrected chi connectivity index (χ2v) is 4.43. The molecule has 0 spiro atoms. The number of allylic oxidation sites excluding steroid dienone is 1. The Morgan fingerprint density at radius 3 is 2.61 bits per heavy atom. The van der Waals surface area contributed by atoms with E-state index in [1.807, 2.05) is 0 Å². The van der Waals surface area contributed by atoms with Crippen LogP contribution in [0.15, 0.2) is 12.2 Å². The van der Waals surface area contributed by atoms with Gasteiger partial charge >= 0.3 is 5.97 Å². The predicted molar refractivity (Wildman–Crippen MR) is 74.6 cm³/mol. The van der Waals surface area contributed by atoms with Crippen LogP contribution in [0, 0.1) is 0 Å². The van der Waals surface area contributed by atoms with Gasteiger partial charge in [0.25, 0.3) is 0 Å². The molecule has 18 heavy (non-hydrogen) atoms. The summed E-state index contributed by atoms with van der Waals surface area (Å²) < 4.78 is 10.0. The number of unbranched alkanes of at least 4 members (excludes halogenated alkanes) is 5. The summed E-state index contributed by atoms with van der Waals surface area (Å²) in [4.78, 5) is 10.8. The Morgan fingerprint density at radius 1 is 1.06 bits per heavy atom. The predicted octanol–water partition coefficient (Wildman–Crippen LogP) is 3.87. The zero-order chi connectivity index (χ0) is 13.5. The Hall–Kier alpha value is -0.830. The maximum Gasteiger partial charge on any atom is 0.305 e. The maximum atomic E-state index is 10.8. The highest BCUT2D eigenvalue weighted by atomic mass is 16.5. The molecular formula is C15H28O3. The summed E-state index contributed by atoms with van der Waals surface area (Å²) in [5, 5.41) is 0. The molecule has 0 fully saturated rings. The minimum absolute atomic E-state index is 0.106. The van der Waals surface area contributed by atoms with Crippen LogP contribution in [-0.2, 0) is 14.3 Å². The van der Waals surface area contributed by atoms with Gasteiger partial charge in [0.2, 0.25) is 0 Å². The van der Waals surface area contributed by atoms with Gasteiger partial charge in [-0.25, -0.2) is 0 Å². The van der Waals surface area contributed by atoms with Crippen molar-refractivity contribution < 1.29 is 14.3 Å². The van der Waals surface area contributed by atoms with Gasteiger partial charge in [-0.3, -0.25) is 4.79 Å². The molecule has 0 bridgehead atoms. The van der Waals surface area contributed by atoms with Crippen molar-refractivity contribution in [3.8, 4) is 0 Å². The van der Waals surface area contributed by atoms with Gasteiger partial charge in [-0.1, -0.05) is 38.3 Å². The molecule has 3 heteroatoms. The van der Waals surface area contributed by atoms with Gasteiger partial charge in [0.05, 0.1) is 13.7 Å². The standard InChI is InChI=1S/C15H28O3/c1-3-4-10-13-18-14-11-8-6-5-7-9-12-15(16)17-2/h8,11H,3-7,9-10,12-14H2,1-2H3. The Labute approximate surface area is 112 Å². The number of ether oxygens (including phenoxy) is 2. The van der Waals surface area contributed by atoms with Crippen LogP contribution < -0.4 is 0 Å². The summed E-state index contributed by atoms with van der Waals surface area (Å²) in [6.45, 7) is 3.79. The summed E-state index contributed by atoms with van der Waals surface area (Å²) in [5.41, 5.74) is 0. The third-order valence-corrected chi connectivity index (χ3v) is 2.75. The molecule has 0 rings (SSSR count). The lowest BCUT2D eigenvalue weighted by Crippen LogP contribution is -1.98. The van der Waals surface area contributed by atoms with E-state index in [4.69, 9.17) is 4.74 Å². The number of rotatable bonds is 12. The molecular weight excluding hydrogens is 228 g/mol. The largest absolute Gasteiger partial charge is 0.469 e. The van der Waals surface area contributed by atoms with Crippen molar-refractivity contribution in [1.29, 1.82) is 0 Å². The van der Waals surface area contributed by atoms with Gasteiger partial charge in [0.1, 0.15) is 0 Å². The first-order valence-electron chi connectivity index (χ1n) is 7.10. The highest BCUT2D eigenvalue weighted by molar-refractivity contribution is 5.68. The fourth-order valence-corrected chi connectivity index (χ4v) is 1.60. The van der Waals surface area contributed by atoms with Crippen LogP contribution in [0.1, 0.15) is 58.3 Å². The Bertz CT molecular complexity index is 212. The lowest BCUT2D eigenvalue weighted by molar-refractivity contribution is -0.140. The first kappa shape index (κ1) is 17.2. The van der Waals surface area contributed by atoms with E-state index in [-0.39, 0.29) is 5.97 Å². The molecule has 0 amide bonds. The number of hydrogen-bond acceptors (Lipinski definition) is 3. The van der Waals surface area contributed by atoms with E-state index in [2.05, 4.69) is 23.8 Å². The van der Waals surface area contributed by atoms with Crippen molar-refractivity contribution in [2.45, 2.75) is 58.3 Å². The molecule has 0 saturated heterocycles. The summed E-state index contributed by atoms with van der Waals surface area (Å²) in [6, 6.07) is 0. The van der Waals surface area contributed by atoms with Crippen molar-refractivity contribution in [2.75, 3.05) is 20.3 Å². The third kappa shape index (κ3) is 13.2. The fourth-order valence-electron chi connectivity index (χ4n) is 1.60. The molecule has 3 nitrogen and oxygen atoms in total. The average Bonchev–Trinajstić information content (AvgIpc) is 2.39. The van der Waals surface area contributed by atoms with Gasteiger partial charge in [0.15, 0.2) is 0 Å². The molecule has 0 aliphatic heterocycles. The summed E-state index contributed by atoms with van der Waals surface area (Å²) in [7, 11) is 1.44. The van der Waals surface area contributed by atoms with Crippen molar-refractivity contribution >= 4 is 5.97 Å². The summed E-state index contributed by atoms with van der Waals surface area (Å²) >= 11 is 0. The molecule has 0 atom stereocenters. The monoisotopic (exact) mass is 256 g/mol. The molecule has 0 unspecified atom stereocenters. The fraction of sp³-hybridized carbons (Fsp3) is 0.800. The maximum absolute atomic E-state index is 10.8. The molecule has 106 valence electrons. The SMILES string of the molecule is CCCCCOCC=CCCCCCC(=O)OC. The van der Waals surface area contributed by atoms with E-state index in [0.29, 0.717) is 6.42 Å². The molecule has 0 radical (unpaired) electrons. The number of esters is 1. The first-order chi connectivity index (χ1) is 8.81. The van der Waals surface area contributed by atoms with Crippen LogP contribution in [0.5, 0.6) is 0 Å². The van der Waals surface area contributed by atoms with E-state index in [0.717, 1.165) is 45.3 Å². The topological polar surface area (TPSA) is 35.5 Å². The van der Waals surface area contributed by atoms with Crippen molar-refractivity contribution in [2.24, 2.45) is 0 Å². The second kappa shape index (κ2) is 14.2. The molecule has 0 saturated carbocycles. The molecule has 0 aromatic carbocycles. The Kier molecular flexibility index (Phi) is 13.6. The molecule has 0 N–H and O–H groups in total. The first-order valence-corrected chi connectivity index (χ1v) is 7.10. The summed E-state index contributed by atoms with van der Waals surface area (Å²) in [6.07, 6.45) is 12.7. The molecule has 0 aliphatic rings. The highest BCUT2D eigenvalue weighted by Crippen LogP contribution is 2.04. The number of methoxy groups -OCH3 is 1. The quantitative estimate of drug-likeness (QED) is 0.302. The van der Waals surface area contributed by atoms with Crippen LogP contribution in [0.25, 0.3) is 0 Å². The third-order valence-electron chi connectivity index (χ3n) is 2.75. The van der Waals surface area contributed by atoms with E-state index >= 15 is 0 Å². The van der Waals surface area contributed by atoms with Gasteiger partial charge < -0.3 is 9.47 Å². The highest BCUT2D eigenvalue weighted by Gasteiger charge is 1.97. The molecule has 0 heterocycles. The van der Waals surface area contributed by atoms with Gasteiger partial charge in [0, 0.05) is 13.0 Å². The van der Waals surface area contributed by atoms with Crippen LogP contribution in [0.3, 0.4) is 0 Å². The second-order valence-electron chi connectivity index (χ2n) is 4.43. The van der Waals surface area contributed by atoms with Crippen LogP contribution in [0.4, 0.5) is 0 Å². The minimum Gasteiger partial charge on any atom is -0.469 e. The molecule has 0 aliphatic carbocycles. The van der Waals surface area contributed by atoms with Crippen LogP contribution >= 0.6 is 0 Å². The van der Waals surface area contributed by atoms with Crippen molar-refractivity contribution in [1.82, 2.24) is 0 Å². The van der Waals surface area contributed by atoms with Crippen molar-refractivity contribution in [3.05, 3.63) is 12.2 Å². The molecule has 0 aromatic rings. The van der Waals surface area contributed by atoms with Gasteiger partial charge in [-0.15, -0.1) is 0 Å². The number of carbonyl (C=O) groups excluding carboxylic acids is 1. The van der Waals surface area contributed by atoms with Crippen LogP contribution in [-0.4, -0.2) is 26.3 Å². The zero-order valence-electron chi connectivity index (χ0n) is 12.0. The van der Waals surface area contributed by atoms with E-state index < -0.39 is 0 Å². The summed E-state index contributed by atoms with van der Waals surface area (Å²) in [5.74, 6) is -0.106. The lowest BCUT2D eigenvalue weighted by atomic mass is 10.1. The minimum atomic E-state index is -0.106. The van der Waals surface area contributed by atoms with Gasteiger partial charge in [-0.05, 0) is 25.7 Å². The Balaban J connectivity index is 3.11. The smallest absolute Gasteiger partial charge is 0.305 e. The lowest BCUT2D eigenvalue weighted by Gasteiger charge is -2.00. The van der Waals surface area contributed by atoms with Crippen LogP contribution in [0.2, 0.25) is 0 Å². The van der Waals surface area contributed by atoms with E-state index in [1.165, 1.54) is 20.0 Å². The van der Waals surface area contributed by atoms with Gasteiger partial charge in [-0.2, -0.15) is 0 Å². The molecule has 0 aromatic heterocycles. The number of carbonyl (C=O) groups is 1. The van der Waals surface area contributed by atoms with Crippen molar-refractivity contribution in [3.63, 3.8) is 0 Å². The number of hydrogen-bond donors (Lipinski definition) is 0. The zero-order valence-corrected chi connectivity index (χ0v) is 12.0.